The van der Waals surface area contributed by atoms with Crippen molar-refractivity contribution >= 4 is 0 Å². The number of hydrogen-bond acceptors (Lipinski definition) is 6. The maximum atomic E-state index is 13.3. The molecule has 7 atom stereocenters. The number of rotatable bonds is 1. The summed E-state index contributed by atoms with van der Waals surface area (Å²) >= 11 is 0. The second-order valence-electron chi connectivity index (χ2n) is 23.7. The predicted molar refractivity (Wildman–Crippen MR) is 234 cm³/mol. The van der Waals surface area contributed by atoms with Crippen LogP contribution in [0.1, 0.15) is 156 Å². The van der Waals surface area contributed by atoms with Crippen LogP contribution in [0.3, 0.4) is 0 Å². The highest BCUT2D eigenvalue weighted by molar-refractivity contribution is 4.95. The molecule has 0 amide bonds. The van der Waals surface area contributed by atoms with Crippen molar-refractivity contribution in [3.05, 3.63) is 0 Å². The summed E-state index contributed by atoms with van der Waals surface area (Å²) in [6.07, 6.45) is 7.75. The molecule has 5 aliphatic rings. The van der Waals surface area contributed by atoms with E-state index in [1.54, 1.807) is 11.9 Å². The van der Waals surface area contributed by atoms with Gasteiger partial charge in [0.15, 0.2) is 0 Å². The average molecular weight is 834 g/mol. The molecule has 0 aliphatic carbocycles. The second kappa shape index (κ2) is 22.4. The Morgan fingerprint density at radius 1 is 0.586 bits per heavy atom. The quantitative estimate of drug-likeness (QED) is 0.245. The Morgan fingerprint density at radius 2 is 1.09 bits per heavy atom. The van der Waals surface area contributed by atoms with E-state index in [1.165, 1.54) is 32.4 Å². The average Bonchev–Trinajstić information content (AvgIpc) is 3.62. The van der Waals surface area contributed by atoms with Gasteiger partial charge in [-0.3, -0.25) is 0 Å². The van der Waals surface area contributed by atoms with Crippen LogP contribution in [0.2, 0.25) is 0 Å². The Balaban J connectivity index is 0.000000363. The zero-order chi connectivity index (χ0) is 45.1. The molecule has 0 bridgehead atoms. The van der Waals surface area contributed by atoms with Crippen molar-refractivity contribution in [1.29, 1.82) is 5.26 Å². The van der Waals surface area contributed by atoms with Crippen molar-refractivity contribution in [2.75, 3.05) is 66.7 Å². The molecule has 5 fully saturated rings. The van der Waals surface area contributed by atoms with Gasteiger partial charge in [0.2, 0.25) is 0 Å². The monoisotopic (exact) mass is 834 g/mol. The molecule has 0 aromatic rings. The normalized spacial score (nSPS) is 30.8. The third-order valence-electron chi connectivity index (χ3n) is 13.2. The lowest BCUT2D eigenvalue weighted by Gasteiger charge is -2.39. The molecule has 5 heterocycles. The minimum Gasteiger partial charge on any atom is -0.378 e. The highest BCUT2D eigenvalue weighted by Crippen LogP contribution is 2.44. The molecule has 0 radical (unpaired) electrons. The lowest BCUT2D eigenvalue weighted by Crippen LogP contribution is -2.45. The first-order valence-corrected chi connectivity index (χ1v) is 22.4. The highest BCUT2D eigenvalue weighted by atomic mass is 19.3. The van der Waals surface area contributed by atoms with Crippen molar-refractivity contribution in [1.82, 2.24) is 9.80 Å². The molecule has 5 aliphatic heterocycles. The van der Waals surface area contributed by atoms with E-state index >= 15 is 0 Å². The SMILES string of the molecule is CC(C)(C)C1CCOC(CC#N)C1.CC(C)(C)C1CCOCC1(F)F.CC1CC(C(C)(C)C)CCO1.CN1CC(C(C)(C)C)C(F)(F)C1.CN1CCC(C(C)(C)C)C1. The summed E-state index contributed by atoms with van der Waals surface area (Å²) in [4.78, 5) is 4.13. The van der Waals surface area contributed by atoms with Gasteiger partial charge in [0, 0.05) is 44.7 Å². The molecule has 0 aromatic heterocycles. The first kappa shape index (κ1) is 55.0. The van der Waals surface area contributed by atoms with Crippen molar-refractivity contribution in [2.24, 2.45) is 56.7 Å². The minimum atomic E-state index is -2.64. The zero-order valence-corrected chi connectivity index (χ0v) is 40.7. The number of ether oxygens (including phenoxy) is 3. The molecule has 7 unspecified atom stereocenters. The Morgan fingerprint density at radius 3 is 1.40 bits per heavy atom. The fraction of sp³-hybridized carbons (Fsp3) is 0.979. The van der Waals surface area contributed by atoms with E-state index in [9.17, 15) is 17.6 Å². The molecule has 58 heavy (non-hydrogen) atoms. The van der Waals surface area contributed by atoms with Crippen molar-refractivity contribution in [3.63, 3.8) is 0 Å². The van der Waals surface area contributed by atoms with E-state index < -0.39 is 30.3 Å². The van der Waals surface area contributed by atoms with Gasteiger partial charge >= 0.3 is 0 Å². The van der Waals surface area contributed by atoms with Crippen LogP contribution in [-0.4, -0.2) is 101 Å². The summed E-state index contributed by atoms with van der Waals surface area (Å²) in [6.45, 7) is 39.1. The van der Waals surface area contributed by atoms with Gasteiger partial charge in [0.25, 0.3) is 11.8 Å². The van der Waals surface area contributed by atoms with Crippen molar-refractivity contribution in [3.8, 4) is 6.07 Å². The predicted octanol–water partition coefficient (Wildman–Crippen LogP) is 12.5. The first-order chi connectivity index (χ1) is 26.1. The van der Waals surface area contributed by atoms with Gasteiger partial charge in [-0.25, -0.2) is 17.6 Å². The van der Waals surface area contributed by atoms with E-state index in [0.717, 1.165) is 37.9 Å². The lowest BCUT2D eigenvalue weighted by molar-refractivity contribution is -0.181. The standard InChI is InChI=1S/C11H19NO.C10H20O.C9H17F2N.C9H16F2O.C9H19N/c1-11(2,3)9-5-7-13-10(8-9)4-6-12;1-8-7-9(5-6-11-8)10(2,3)4;1-8(2,3)7-5-12(4)6-9(7,10)11;1-8(2,3)7-4-5-12-6-9(7,10)11;1-9(2,3)8-5-6-10(4)7-8/h9-10H,4-5,7-8H2,1-3H3;8-9H,5-7H2,1-4H3;7H,5-6H2,1-4H3;7H,4-6H2,1-3H3;8H,5-7H2,1-4H3. The molecule has 0 aromatic carbocycles. The number of nitrogens with zero attached hydrogens (tertiary/aromatic N) is 3. The summed E-state index contributed by atoms with van der Waals surface area (Å²) in [7, 11) is 3.96. The van der Waals surface area contributed by atoms with Crippen LogP contribution in [0.15, 0.2) is 0 Å². The molecular weight excluding hydrogens is 743 g/mol. The maximum absolute atomic E-state index is 13.3. The largest absolute Gasteiger partial charge is 0.378 e. The molecule has 6 nitrogen and oxygen atoms in total. The zero-order valence-electron chi connectivity index (χ0n) is 40.7. The molecule has 0 N–H and O–H groups in total. The fourth-order valence-electron chi connectivity index (χ4n) is 9.01. The Kier molecular flexibility index (Phi) is 21.2. The molecule has 0 saturated carbocycles. The summed E-state index contributed by atoms with van der Waals surface area (Å²) in [5.41, 5.74) is 0.724. The van der Waals surface area contributed by atoms with Gasteiger partial charge in [-0.2, -0.15) is 5.26 Å². The van der Waals surface area contributed by atoms with Gasteiger partial charge in [-0.05, 0) is 111 Å². The molecule has 344 valence electrons. The van der Waals surface area contributed by atoms with Gasteiger partial charge in [0.05, 0.1) is 31.2 Å². The Hall–Kier alpha value is -0.990. The van der Waals surface area contributed by atoms with Crippen LogP contribution < -0.4 is 0 Å². The van der Waals surface area contributed by atoms with E-state index in [0.29, 0.717) is 54.3 Å². The number of alkyl halides is 4. The van der Waals surface area contributed by atoms with Crippen LogP contribution in [0.4, 0.5) is 17.6 Å². The molecule has 10 heteroatoms. The van der Waals surface area contributed by atoms with E-state index in [4.69, 9.17) is 19.5 Å². The molecule has 5 rings (SSSR count). The van der Waals surface area contributed by atoms with Gasteiger partial charge in [-0.1, -0.05) is 104 Å². The highest BCUT2D eigenvalue weighted by Gasteiger charge is 2.52. The van der Waals surface area contributed by atoms with Crippen LogP contribution in [0.25, 0.3) is 0 Å². The van der Waals surface area contributed by atoms with Crippen LogP contribution >= 0.6 is 0 Å². The smallest absolute Gasteiger partial charge is 0.274 e. The summed E-state index contributed by atoms with van der Waals surface area (Å²) < 4.78 is 68.9. The van der Waals surface area contributed by atoms with Gasteiger partial charge in [-0.15, -0.1) is 0 Å². The Labute approximate surface area is 355 Å². The summed E-state index contributed by atoms with van der Waals surface area (Å²) in [5.74, 6) is -3.72. The van der Waals surface area contributed by atoms with Crippen molar-refractivity contribution in [2.45, 2.75) is 180 Å². The third-order valence-corrected chi connectivity index (χ3v) is 13.2. The van der Waals surface area contributed by atoms with Crippen LogP contribution in [0.5, 0.6) is 0 Å². The minimum absolute atomic E-state index is 0.0884. The summed E-state index contributed by atoms with van der Waals surface area (Å²) in [5, 5.41) is 8.58. The fourth-order valence-corrected chi connectivity index (χ4v) is 9.01. The third kappa shape index (κ3) is 19.8. The topological polar surface area (TPSA) is 58.0 Å². The van der Waals surface area contributed by atoms with Crippen molar-refractivity contribution < 1.29 is 31.8 Å². The van der Waals surface area contributed by atoms with E-state index in [-0.39, 0.29) is 23.5 Å². The summed E-state index contributed by atoms with van der Waals surface area (Å²) in [6, 6.07) is 2.18. The maximum Gasteiger partial charge on any atom is 0.274 e. The number of halogens is 4. The van der Waals surface area contributed by atoms with E-state index in [1.807, 2.05) is 41.5 Å². The molecule has 0 spiro atoms. The lowest BCUT2D eigenvalue weighted by atomic mass is 9.74. The van der Waals surface area contributed by atoms with E-state index in [2.05, 4.69) is 87.3 Å². The molecule has 5 saturated heterocycles. The van der Waals surface area contributed by atoms with Crippen LogP contribution in [0, 0.1) is 68.0 Å². The molecular formula is C48H91F4N3O3. The number of hydrogen-bond donors (Lipinski definition) is 0. The van der Waals surface area contributed by atoms with Gasteiger partial charge in [0.1, 0.15) is 6.61 Å². The second-order valence-corrected chi connectivity index (χ2v) is 23.7. The number of nitriles is 1. The first-order valence-electron chi connectivity index (χ1n) is 22.4. The Bertz CT molecular complexity index is 1190. The van der Waals surface area contributed by atoms with Gasteiger partial charge < -0.3 is 24.0 Å². The van der Waals surface area contributed by atoms with Crippen LogP contribution in [-0.2, 0) is 14.2 Å². The number of likely N-dealkylation sites (tertiary alicyclic amines) is 2.